The Morgan fingerprint density at radius 2 is 2.38 bits per heavy atom. The third-order valence-corrected chi connectivity index (χ3v) is 4.26. The van der Waals surface area contributed by atoms with E-state index in [9.17, 15) is 4.79 Å². The minimum atomic E-state index is -0.611. The molecule has 0 radical (unpaired) electrons. The summed E-state index contributed by atoms with van der Waals surface area (Å²) in [5, 5.41) is 5.10. The SMILES string of the molecule is CCOC(=O)C1(C2CCOCC2)NC=CS1. The molecule has 0 aliphatic carbocycles. The molecule has 0 saturated carbocycles. The van der Waals surface area contributed by atoms with Gasteiger partial charge in [-0.2, -0.15) is 0 Å². The lowest BCUT2D eigenvalue weighted by Crippen LogP contribution is -2.53. The number of carbonyl (C=O) groups is 1. The first-order chi connectivity index (χ1) is 7.79. The Morgan fingerprint density at radius 1 is 1.62 bits per heavy atom. The van der Waals surface area contributed by atoms with Gasteiger partial charge in [0.25, 0.3) is 0 Å². The number of hydrogen-bond donors (Lipinski definition) is 1. The third kappa shape index (κ3) is 2.06. The van der Waals surface area contributed by atoms with Gasteiger partial charge >= 0.3 is 5.97 Å². The number of esters is 1. The molecule has 2 rings (SSSR count). The van der Waals surface area contributed by atoms with E-state index >= 15 is 0 Å². The second-order valence-corrected chi connectivity index (χ2v) is 5.06. The Balaban J connectivity index is 2.11. The molecule has 0 amide bonds. The van der Waals surface area contributed by atoms with Crippen LogP contribution in [-0.4, -0.2) is 30.7 Å². The minimum absolute atomic E-state index is 0.156. The molecule has 16 heavy (non-hydrogen) atoms. The van der Waals surface area contributed by atoms with Crippen LogP contribution in [0.3, 0.4) is 0 Å². The molecule has 90 valence electrons. The highest BCUT2D eigenvalue weighted by Crippen LogP contribution is 2.41. The topological polar surface area (TPSA) is 47.6 Å². The van der Waals surface area contributed by atoms with Crippen LogP contribution in [0.5, 0.6) is 0 Å². The predicted molar refractivity (Wildman–Crippen MR) is 62.8 cm³/mol. The summed E-state index contributed by atoms with van der Waals surface area (Å²) >= 11 is 1.52. The van der Waals surface area contributed by atoms with Crippen LogP contribution in [0.15, 0.2) is 11.6 Å². The third-order valence-electron chi connectivity index (χ3n) is 2.99. The number of rotatable bonds is 3. The molecule has 1 atom stereocenters. The molecule has 5 heteroatoms. The number of ether oxygens (including phenoxy) is 2. The molecule has 1 N–H and O–H groups in total. The first-order valence-corrected chi connectivity index (χ1v) is 6.53. The predicted octanol–water partition coefficient (Wildman–Crippen LogP) is 1.48. The van der Waals surface area contributed by atoms with E-state index in [2.05, 4.69) is 5.32 Å². The van der Waals surface area contributed by atoms with E-state index in [1.54, 1.807) is 0 Å². The fraction of sp³-hybridized carbons (Fsp3) is 0.727. The Hall–Kier alpha value is -0.680. The second-order valence-electron chi connectivity index (χ2n) is 3.91. The van der Waals surface area contributed by atoms with Crippen LogP contribution in [0, 0.1) is 5.92 Å². The van der Waals surface area contributed by atoms with Crippen LogP contribution in [0.2, 0.25) is 0 Å². The number of hydrogen-bond acceptors (Lipinski definition) is 5. The normalized spacial score (nSPS) is 30.1. The number of carbonyl (C=O) groups excluding carboxylic acids is 1. The van der Waals surface area contributed by atoms with Crippen molar-refractivity contribution in [3.63, 3.8) is 0 Å². The summed E-state index contributed by atoms with van der Waals surface area (Å²) in [7, 11) is 0. The summed E-state index contributed by atoms with van der Waals surface area (Å²) in [6, 6.07) is 0. The van der Waals surface area contributed by atoms with Gasteiger partial charge in [-0.05, 0) is 25.2 Å². The minimum Gasteiger partial charge on any atom is -0.464 e. The van der Waals surface area contributed by atoms with Crippen LogP contribution in [0.4, 0.5) is 0 Å². The Kier molecular flexibility index (Phi) is 3.76. The molecule has 0 aromatic rings. The smallest absolute Gasteiger partial charge is 0.343 e. The highest BCUT2D eigenvalue weighted by atomic mass is 32.2. The summed E-state index contributed by atoms with van der Waals surface area (Å²) in [6.07, 6.45) is 3.64. The van der Waals surface area contributed by atoms with Crippen molar-refractivity contribution in [3.05, 3.63) is 11.6 Å². The van der Waals surface area contributed by atoms with Crippen molar-refractivity contribution < 1.29 is 14.3 Å². The lowest BCUT2D eigenvalue weighted by molar-refractivity contribution is -0.149. The molecular formula is C11H17NO3S. The quantitative estimate of drug-likeness (QED) is 0.761. The van der Waals surface area contributed by atoms with Gasteiger partial charge in [-0.1, -0.05) is 11.8 Å². The maximum atomic E-state index is 12.1. The van der Waals surface area contributed by atoms with Gasteiger partial charge in [-0.25, -0.2) is 4.79 Å². The van der Waals surface area contributed by atoms with Crippen molar-refractivity contribution in [2.24, 2.45) is 5.92 Å². The molecule has 1 saturated heterocycles. The van der Waals surface area contributed by atoms with E-state index in [4.69, 9.17) is 9.47 Å². The van der Waals surface area contributed by atoms with Crippen molar-refractivity contribution in [2.45, 2.75) is 24.6 Å². The highest BCUT2D eigenvalue weighted by molar-refractivity contribution is 8.04. The summed E-state index contributed by atoms with van der Waals surface area (Å²) < 4.78 is 10.5. The summed E-state index contributed by atoms with van der Waals surface area (Å²) in [4.78, 5) is 11.5. The zero-order chi connectivity index (χ0) is 11.4. The van der Waals surface area contributed by atoms with Gasteiger partial charge in [-0.3, -0.25) is 0 Å². The van der Waals surface area contributed by atoms with Crippen molar-refractivity contribution in [2.75, 3.05) is 19.8 Å². The van der Waals surface area contributed by atoms with Crippen molar-refractivity contribution in [1.29, 1.82) is 0 Å². The Bertz CT molecular complexity index is 279. The fourth-order valence-electron chi connectivity index (χ4n) is 2.16. The number of nitrogens with one attached hydrogen (secondary N) is 1. The Morgan fingerprint density at radius 3 is 2.94 bits per heavy atom. The van der Waals surface area contributed by atoms with E-state index < -0.39 is 4.87 Å². The van der Waals surface area contributed by atoms with Gasteiger partial charge in [-0.15, -0.1) is 0 Å². The maximum Gasteiger partial charge on any atom is 0.343 e. The molecule has 1 unspecified atom stereocenters. The van der Waals surface area contributed by atoms with E-state index in [0.29, 0.717) is 6.61 Å². The molecule has 0 bridgehead atoms. The highest BCUT2D eigenvalue weighted by Gasteiger charge is 2.48. The average Bonchev–Trinajstić information content (AvgIpc) is 2.81. The fourth-order valence-corrected chi connectivity index (χ4v) is 3.23. The van der Waals surface area contributed by atoms with Gasteiger partial charge in [0, 0.05) is 25.3 Å². The molecule has 2 aliphatic heterocycles. The van der Waals surface area contributed by atoms with E-state index in [1.165, 1.54) is 11.8 Å². The molecule has 4 nitrogen and oxygen atoms in total. The molecule has 1 fully saturated rings. The first-order valence-electron chi connectivity index (χ1n) is 5.65. The summed E-state index contributed by atoms with van der Waals surface area (Å²) in [6.45, 7) is 3.72. The Labute approximate surface area is 99.7 Å². The van der Waals surface area contributed by atoms with Gasteiger partial charge in [0.15, 0.2) is 4.87 Å². The van der Waals surface area contributed by atoms with E-state index in [-0.39, 0.29) is 11.9 Å². The van der Waals surface area contributed by atoms with Crippen LogP contribution < -0.4 is 5.32 Å². The van der Waals surface area contributed by atoms with Crippen molar-refractivity contribution in [1.82, 2.24) is 5.32 Å². The molecule has 0 aromatic carbocycles. The van der Waals surface area contributed by atoms with Crippen LogP contribution in [0.25, 0.3) is 0 Å². The van der Waals surface area contributed by atoms with Gasteiger partial charge in [0.05, 0.1) is 6.61 Å². The molecule has 0 aromatic heterocycles. The van der Waals surface area contributed by atoms with Crippen molar-refractivity contribution >= 4 is 17.7 Å². The number of thioether (sulfide) groups is 1. The molecule has 2 aliphatic rings. The van der Waals surface area contributed by atoms with E-state index in [1.807, 2.05) is 18.5 Å². The largest absolute Gasteiger partial charge is 0.464 e. The molecule has 0 spiro atoms. The summed E-state index contributed by atoms with van der Waals surface area (Å²) in [5.41, 5.74) is 0. The standard InChI is InChI=1S/C11H17NO3S/c1-2-15-10(13)11(12-5-8-16-11)9-3-6-14-7-4-9/h5,8-9,12H,2-4,6-7H2,1H3. The van der Waals surface area contributed by atoms with Gasteiger partial charge < -0.3 is 14.8 Å². The van der Waals surface area contributed by atoms with Crippen molar-refractivity contribution in [3.8, 4) is 0 Å². The second kappa shape index (κ2) is 5.10. The van der Waals surface area contributed by atoms with Crippen LogP contribution in [-0.2, 0) is 14.3 Å². The molecular weight excluding hydrogens is 226 g/mol. The summed E-state index contributed by atoms with van der Waals surface area (Å²) in [5.74, 6) is 0.122. The maximum absolute atomic E-state index is 12.1. The van der Waals surface area contributed by atoms with Gasteiger partial charge in [0.2, 0.25) is 0 Å². The monoisotopic (exact) mass is 243 g/mol. The zero-order valence-corrected chi connectivity index (χ0v) is 10.2. The lowest BCUT2D eigenvalue weighted by Gasteiger charge is -2.36. The van der Waals surface area contributed by atoms with Gasteiger partial charge in [0.1, 0.15) is 0 Å². The first kappa shape index (κ1) is 11.8. The van der Waals surface area contributed by atoms with E-state index in [0.717, 1.165) is 26.1 Å². The lowest BCUT2D eigenvalue weighted by atomic mass is 9.91. The average molecular weight is 243 g/mol. The zero-order valence-electron chi connectivity index (χ0n) is 9.40. The van der Waals surface area contributed by atoms with Crippen LogP contribution in [0.1, 0.15) is 19.8 Å². The van der Waals surface area contributed by atoms with Crippen LogP contribution >= 0.6 is 11.8 Å². The molecule has 2 heterocycles.